The molecule has 0 aromatic heterocycles. The van der Waals surface area contributed by atoms with Crippen LogP contribution in [-0.2, 0) is 14.8 Å². The maximum absolute atomic E-state index is 12.6. The lowest BCUT2D eigenvalue weighted by molar-refractivity contribution is 0.0203. The quantitative estimate of drug-likeness (QED) is 0.511. The van der Waals surface area contributed by atoms with Gasteiger partial charge in [0.1, 0.15) is 5.60 Å². The predicted molar refractivity (Wildman–Crippen MR) is 109 cm³/mol. The summed E-state index contributed by atoms with van der Waals surface area (Å²) in [5.41, 5.74) is 0.0781. The Bertz CT molecular complexity index is 768. The van der Waals surface area contributed by atoms with Crippen LogP contribution in [0.15, 0.2) is 29.2 Å². The largest absolute Gasteiger partial charge is 0.444 e. The fraction of sp³-hybridized carbons (Fsp3) is 0.632. The zero-order valence-electron chi connectivity index (χ0n) is 17.1. The number of sulfonamides is 1. The van der Waals surface area contributed by atoms with Crippen LogP contribution in [-0.4, -0.2) is 73.6 Å². The fourth-order valence-corrected chi connectivity index (χ4v) is 4.15. The van der Waals surface area contributed by atoms with Crippen LogP contribution >= 0.6 is 0 Å². The lowest BCUT2D eigenvalue weighted by Gasteiger charge is -2.33. The summed E-state index contributed by atoms with van der Waals surface area (Å²) in [7, 11) is -3.68. The van der Waals surface area contributed by atoms with Crippen LogP contribution in [0.25, 0.3) is 0 Å². The van der Waals surface area contributed by atoms with E-state index in [0.29, 0.717) is 31.6 Å². The molecule has 1 atom stereocenters. The highest BCUT2D eigenvalue weighted by Gasteiger charge is 2.29. The molecule has 4 N–H and O–H groups in total. The van der Waals surface area contributed by atoms with Crippen molar-refractivity contribution < 1.29 is 28.2 Å². The van der Waals surface area contributed by atoms with E-state index in [1.807, 2.05) is 0 Å². The van der Waals surface area contributed by atoms with E-state index in [1.165, 1.54) is 12.1 Å². The van der Waals surface area contributed by atoms with E-state index < -0.39 is 21.7 Å². The highest BCUT2D eigenvalue weighted by Crippen LogP contribution is 2.19. The Balaban J connectivity index is 1.88. The Morgan fingerprint density at radius 2 is 1.83 bits per heavy atom. The first-order valence-corrected chi connectivity index (χ1v) is 11.1. The number of amides is 1. The number of piperidine rings is 1. The highest BCUT2D eigenvalue weighted by atomic mass is 32.2. The van der Waals surface area contributed by atoms with Gasteiger partial charge >= 0.3 is 6.09 Å². The highest BCUT2D eigenvalue weighted by molar-refractivity contribution is 7.89. The third-order valence-corrected chi connectivity index (χ3v) is 5.92. The Kier molecular flexibility index (Phi) is 7.87. The van der Waals surface area contributed by atoms with E-state index in [-0.39, 0.29) is 30.2 Å². The van der Waals surface area contributed by atoms with Crippen LogP contribution < -0.4 is 10.0 Å². The Labute approximate surface area is 172 Å². The number of rotatable bonds is 7. The molecule has 0 aliphatic carbocycles. The Hall–Kier alpha value is -1.88. The third-order valence-electron chi connectivity index (χ3n) is 4.39. The normalized spacial score (nSPS) is 17.1. The lowest BCUT2D eigenvalue weighted by Crippen LogP contribution is -2.47. The number of nitrogens with zero attached hydrogens (tertiary/aromatic N) is 1. The van der Waals surface area contributed by atoms with Gasteiger partial charge < -0.3 is 25.2 Å². The van der Waals surface area contributed by atoms with Gasteiger partial charge in [0, 0.05) is 31.4 Å². The molecule has 10 heteroatoms. The summed E-state index contributed by atoms with van der Waals surface area (Å²) < 4.78 is 33.3. The molecule has 1 unspecified atom stereocenters. The number of carbonyl (C=O) groups is 1. The van der Waals surface area contributed by atoms with Gasteiger partial charge in [-0.3, -0.25) is 0 Å². The van der Waals surface area contributed by atoms with Crippen molar-refractivity contribution in [1.82, 2.24) is 9.62 Å². The maximum Gasteiger partial charge on any atom is 0.410 e. The molecule has 29 heavy (non-hydrogen) atoms. The van der Waals surface area contributed by atoms with Crippen LogP contribution in [0, 0.1) is 0 Å². The van der Waals surface area contributed by atoms with Crippen molar-refractivity contribution in [2.45, 2.75) is 56.3 Å². The number of hydrogen-bond acceptors (Lipinski definition) is 7. The summed E-state index contributed by atoms with van der Waals surface area (Å²) in [6.07, 6.45) is -0.242. The molecule has 1 aromatic rings. The smallest absolute Gasteiger partial charge is 0.410 e. The number of aliphatic hydroxyl groups is 2. The number of likely N-dealkylation sites (tertiary alicyclic amines) is 1. The van der Waals surface area contributed by atoms with Crippen LogP contribution in [0.5, 0.6) is 0 Å². The molecule has 1 saturated heterocycles. The van der Waals surface area contributed by atoms with Gasteiger partial charge in [0.2, 0.25) is 10.0 Å². The topological polar surface area (TPSA) is 128 Å². The second-order valence-electron chi connectivity index (χ2n) is 8.10. The molecule has 0 radical (unpaired) electrons. The summed E-state index contributed by atoms with van der Waals surface area (Å²) in [5, 5.41) is 21.1. The average molecular weight is 430 g/mol. The molecule has 9 nitrogen and oxygen atoms in total. The monoisotopic (exact) mass is 429 g/mol. The lowest BCUT2D eigenvalue weighted by atomic mass is 10.1. The summed E-state index contributed by atoms with van der Waals surface area (Å²) in [6.45, 7) is 6.09. The molecule has 0 saturated carbocycles. The zero-order chi connectivity index (χ0) is 21.7. The van der Waals surface area contributed by atoms with Crippen molar-refractivity contribution in [3.05, 3.63) is 24.3 Å². The van der Waals surface area contributed by atoms with Gasteiger partial charge in [-0.2, -0.15) is 0 Å². The number of aliphatic hydroxyl groups excluding tert-OH is 2. The molecule has 1 aromatic carbocycles. The number of hydrogen-bond donors (Lipinski definition) is 4. The number of anilines is 1. The molecule has 0 bridgehead atoms. The standard InChI is InChI=1S/C19H31N3O6S/c1-19(2,3)28-18(25)22-10-8-15(9-11-22)21-29(26,27)17-6-4-14(5-7-17)20-12-16(24)13-23/h4-7,15-16,20-21,23-24H,8-13H2,1-3H3. The van der Waals surface area contributed by atoms with Crippen molar-refractivity contribution in [2.24, 2.45) is 0 Å². The molecule has 1 aliphatic rings. The summed E-state index contributed by atoms with van der Waals surface area (Å²) in [5.74, 6) is 0. The molecular weight excluding hydrogens is 398 g/mol. The van der Waals surface area contributed by atoms with Gasteiger partial charge in [-0.1, -0.05) is 0 Å². The molecule has 2 rings (SSSR count). The molecule has 1 fully saturated rings. The molecule has 1 amide bonds. The van der Waals surface area contributed by atoms with Gasteiger partial charge in [-0.25, -0.2) is 17.9 Å². The van der Waals surface area contributed by atoms with E-state index in [0.717, 1.165) is 0 Å². The molecule has 0 spiro atoms. The van der Waals surface area contributed by atoms with Gasteiger partial charge in [0.25, 0.3) is 0 Å². The minimum atomic E-state index is -3.68. The predicted octanol–water partition coefficient (Wildman–Crippen LogP) is 1.13. The maximum atomic E-state index is 12.6. The third kappa shape index (κ3) is 7.46. The zero-order valence-corrected chi connectivity index (χ0v) is 17.9. The molecule has 1 aliphatic heterocycles. The van der Waals surface area contributed by atoms with Crippen LogP contribution in [0.3, 0.4) is 0 Å². The van der Waals surface area contributed by atoms with Crippen molar-refractivity contribution >= 4 is 21.8 Å². The Morgan fingerprint density at radius 3 is 2.34 bits per heavy atom. The molecule has 1 heterocycles. The fourth-order valence-electron chi connectivity index (χ4n) is 2.85. The first-order chi connectivity index (χ1) is 13.5. The van der Waals surface area contributed by atoms with Gasteiger partial charge in [-0.05, 0) is 57.9 Å². The molecular formula is C19H31N3O6S. The second-order valence-corrected chi connectivity index (χ2v) is 9.82. The van der Waals surface area contributed by atoms with Gasteiger partial charge in [0.05, 0.1) is 17.6 Å². The number of benzene rings is 1. The SMILES string of the molecule is CC(C)(C)OC(=O)N1CCC(NS(=O)(=O)c2ccc(NCC(O)CO)cc2)CC1. The Morgan fingerprint density at radius 1 is 1.24 bits per heavy atom. The summed E-state index contributed by atoms with van der Waals surface area (Å²) >= 11 is 0. The van der Waals surface area contributed by atoms with Crippen molar-refractivity contribution in [3.63, 3.8) is 0 Å². The van der Waals surface area contributed by atoms with Crippen molar-refractivity contribution in [1.29, 1.82) is 0 Å². The van der Waals surface area contributed by atoms with Crippen LogP contribution in [0.4, 0.5) is 10.5 Å². The second kappa shape index (κ2) is 9.75. The van der Waals surface area contributed by atoms with E-state index in [9.17, 15) is 18.3 Å². The van der Waals surface area contributed by atoms with Crippen molar-refractivity contribution in [3.8, 4) is 0 Å². The number of carbonyl (C=O) groups excluding carboxylic acids is 1. The molecule has 164 valence electrons. The first-order valence-electron chi connectivity index (χ1n) is 9.63. The van der Waals surface area contributed by atoms with Gasteiger partial charge in [0.15, 0.2) is 0 Å². The van der Waals surface area contributed by atoms with E-state index >= 15 is 0 Å². The van der Waals surface area contributed by atoms with Crippen LogP contribution in [0.2, 0.25) is 0 Å². The number of ether oxygens (including phenoxy) is 1. The van der Waals surface area contributed by atoms with Crippen molar-refractivity contribution in [2.75, 3.05) is 31.6 Å². The minimum Gasteiger partial charge on any atom is -0.444 e. The van der Waals surface area contributed by atoms with E-state index in [1.54, 1.807) is 37.8 Å². The number of nitrogens with one attached hydrogen (secondary N) is 2. The minimum absolute atomic E-state index is 0.139. The van der Waals surface area contributed by atoms with Gasteiger partial charge in [-0.15, -0.1) is 0 Å². The van der Waals surface area contributed by atoms with E-state index in [2.05, 4.69) is 10.0 Å². The van der Waals surface area contributed by atoms with Crippen LogP contribution in [0.1, 0.15) is 33.6 Å². The first kappa shape index (κ1) is 23.4. The summed E-state index contributed by atoms with van der Waals surface area (Å²) in [4.78, 5) is 13.8. The average Bonchev–Trinajstić information content (AvgIpc) is 2.65. The summed E-state index contributed by atoms with van der Waals surface area (Å²) in [6, 6.07) is 5.90. The van der Waals surface area contributed by atoms with E-state index in [4.69, 9.17) is 9.84 Å².